The molecule has 2 fully saturated rings. The van der Waals surface area contributed by atoms with Gasteiger partial charge in [-0.15, -0.1) is 0 Å². The number of likely N-dealkylation sites (tertiary alicyclic amines) is 1. The number of nitrogens with zero attached hydrogens (tertiary/aromatic N) is 2. The largest absolute Gasteiger partial charge is 0.416 e. The van der Waals surface area contributed by atoms with Gasteiger partial charge in [-0.3, -0.25) is 5.41 Å². The summed E-state index contributed by atoms with van der Waals surface area (Å²) in [6, 6.07) is 5.98. The first kappa shape index (κ1) is 19.4. The summed E-state index contributed by atoms with van der Waals surface area (Å²) < 4.78 is 38.2. The third-order valence-corrected chi connectivity index (χ3v) is 6.23. The number of anilines is 1. The molecule has 0 spiro atoms. The number of nitrogens with one attached hydrogen (secondary N) is 2. The predicted octanol–water partition coefficient (Wildman–Crippen LogP) is 3.49. The maximum absolute atomic E-state index is 12.7. The van der Waals surface area contributed by atoms with Crippen molar-refractivity contribution >= 4 is 22.6 Å². The summed E-state index contributed by atoms with van der Waals surface area (Å²) in [6.45, 7) is 3.97. The molecule has 0 saturated carbocycles. The molecule has 2 atom stereocenters. The molecular formula is C18H25F3N4S. The molecule has 26 heavy (non-hydrogen) atoms. The first-order chi connectivity index (χ1) is 12.4. The molecule has 8 heteroatoms. The Labute approximate surface area is 156 Å². The van der Waals surface area contributed by atoms with Crippen molar-refractivity contribution in [3.8, 4) is 0 Å². The lowest BCUT2D eigenvalue weighted by Gasteiger charge is -2.27. The molecule has 0 aromatic heterocycles. The van der Waals surface area contributed by atoms with Crippen molar-refractivity contribution in [1.29, 1.82) is 5.41 Å². The number of amidine groups is 1. The van der Waals surface area contributed by atoms with Gasteiger partial charge in [0.15, 0.2) is 5.17 Å². The van der Waals surface area contributed by atoms with Crippen molar-refractivity contribution in [3.63, 3.8) is 0 Å². The van der Waals surface area contributed by atoms with Crippen LogP contribution in [0.4, 0.5) is 18.9 Å². The zero-order chi connectivity index (χ0) is 18.7. The van der Waals surface area contributed by atoms with Gasteiger partial charge in [-0.1, -0.05) is 11.8 Å². The fourth-order valence-electron chi connectivity index (χ4n) is 3.93. The second kappa shape index (κ2) is 8.08. The van der Waals surface area contributed by atoms with Crippen LogP contribution < -0.4 is 10.2 Å². The first-order valence-electron chi connectivity index (χ1n) is 8.94. The SMILES string of the molecule is CNC(=N)SCCCN1CC2CCN(c3ccc(C(F)(F)F)cc3)C2C1. The van der Waals surface area contributed by atoms with Gasteiger partial charge in [0.2, 0.25) is 0 Å². The Bertz CT molecular complexity index is 620. The molecule has 1 aromatic carbocycles. The van der Waals surface area contributed by atoms with Crippen LogP contribution in [0.2, 0.25) is 0 Å². The Morgan fingerprint density at radius 1 is 1.27 bits per heavy atom. The van der Waals surface area contributed by atoms with E-state index in [9.17, 15) is 13.2 Å². The zero-order valence-corrected chi connectivity index (χ0v) is 15.7. The number of benzene rings is 1. The van der Waals surface area contributed by atoms with Gasteiger partial charge >= 0.3 is 6.18 Å². The van der Waals surface area contributed by atoms with Crippen molar-refractivity contribution in [2.24, 2.45) is 5.92 Å². The third-order valence-electron chi connectivity index (χ3n) is 5.24. The minimum absolute atomic E-state index is 0.398. The van der Waals surface area contributed by atoms with E-state index in [2.05, 4.69) is 15.1 Å². The van der Waals surface area contributed by atoms with E-state index in [1.165, 1.54) is 23.9 Å². The fraction of sp³-hybridized carbons (Fsp3) is 0.611. The highest BCUT2D eigenvalue weighted by atomic mass is 32.2. The van der Waals surface area contributed by atoms with Crippen LogP contribution in [0.15, 0.2) is 24.3 Å². The number of hydrogen-bond acceptors (Lipinski definition) is 4. The average Bonchev–Trinajstić information content (AvgIpc) is 3.18. The smallest absolute Gasteiger partial charge is 0.368 e. The van der Waals surface area contributed by atoms with Crippen LogP contribution >= 0.6 is 11.8 Å². The Morgan fingerprint density at radius 3 is 2.65 bits per heavy atom. The first-order valence-corrected chi connectivity index (χ1v) is 9.92. The number of fused-ring (bicyclic) bond motifs is 1. The van der Waals surface area contributed by atoms with Gasteiger partial charge < -0.3 is 15.1 Å². The molecule has 2 heterocycles. The molecule has 0 bridgehead atoms. The van der Waals surface area contributed by atoms with E-state index in [4.69, 9.17) is 5.41 Å². The lowest BCUT2D eigenvalue weighted by atomic mass is 10.0. The molecule has 2 unspecified atom stereocenters. The lowest BCUT2D eigenvalue weighted by Crippen LogP contribution is -2.35. The van der Waals surface area contributed by atoms with E-state index < -0.39 is 11.7 Å². The van der Waals surface area contributed by atoms with Crippen molar-refractivity contribution in [2.75, 3.05) is 43.9 Å². The van der Waals surface area contributed by atoms with Gasteiger partial charge in [0.25, 0.3) is 0 Å². The molecule has 2 N–H and O–H groups in total. The molecule has 0 radical (unpaired) electrons. The Hall–Kier alpha value is -1.41. The second-order valence-corrected chi connectivity index (χ2v) is 8.00. The van der Waals surface area contributed by atoms with Crippen molar-refractivity contribution in [1.82, 2.24) is 10.2 Å². The Kier molecular flexibility index (Phi) is 6.02. The molecule has 3 rings (SSSR count). The molecule has 144 valence electrons. The van der Waals surface area contributed by atoms with E-state index >= 15 is 0 Å². The number of hydrogen-bond donors (Lipinski definition) is 2. The van der Waals surface area contributed by atoms with Gasteiger partial charge in [0, 0.05) is 44.2 Å². The summed E-state index contributed by atoms with van der Waals surface area (Å²) in [5.74, 6) is 1.52. The highest BCUT2D eigenvalue weighted by Gasteiger charge is 2.41. The Balaban J connectivity index is 1.52. The maximum Gasteiger partial charge on any atom is 0.416 e. The van der Waals surface area contributed by atoms with Crippen LogP contribution in [-0.4, -0.2) is 55.1 Å². The molecule has 1 aromatic rings. The van der Waals surface area contributed by atoms with E-state index in [1.54, 1.807) is 19.2 Å². The van der Waals surface area contributed by atoms with E-state index in [0.29, 0.717) is 17.1 Å². The molecular weight excluding hydrogens is 361 g/mol. The van der Waals surface area contributed by atoms with Crippen LogP contribution in [0.3, 0.4) is 0 Å². The van der Waals surface area contributed by atoms with Crippen LogP contribution in [0.1, 0.15) is 18.4 Å². The van der Waals surface area contributed by atoms with Crippen molar-refractivity contribution < 1.29 is 13.2 Å². The van der Waals surface area contributed by atoms with Crippen LogP contribution in [-0.2, 0) is 6.18 Å². The molecule has 2 aliphatic heterocycles. The fourth-order valence-corrected chi connectivity index (χ4v) is 4.55. The molecule has 2 saturated heterocycles. The number of rotatable bonds is 5. The second-order valence-electron chi connectivity index (χ2n) is 6.89. The standard InChI is InChI=1S/C18H25F3N4S/c1-23-17(22)26-10-2-8-24-11-13-7-9-25(16(13)12-24)15-5-3-14(4-6-15)18(19,20)21/h3-6,13,16H,2,7-12H2,1H3,(H2,22,23). The van der Waals surface area contributed by atoms with Gasteiger partial charge in [0.1, 0.15) is 0 Å². The van der Waals surface area contributed by atoms with Gasteiger partial charge in [-0.2, -0.15) is 13.2 Å². The summed E-state index contributed by atoms with van der Waals surface area (Å²) in [4.78, 5) is 4.73. The quantitative estimate of drug-likeness (QED) is 0.462. The minimum atomic E-state index is -4.28. The summed E-state index contributed by atoms with van der Waals surface area (Å²) in [6.07, 6.45) is -2.15. The van der Waals surface area contributed by atoms with Crippen molar-refractivity contribution in [3.05, 3.63) is 29.8 Å². The molecule has 4 nitrogen and oxygen atoms in total. The van der Waals surface area contributed by atoms with Crippen LogP contribution in [0, 0.1) is 11.3 Å². The summed E-state index contributed by atoms with van der Waals surface area (Å²) in [7, 11) is 1.76. The zero-order valence-electron chi connectivity index (χ0n) is 14.9. The van der Waals surface area contributed by atoms with E-state index in [-0.39, 0.29) is 0 Å². The lowest BCUT2D eigenvalue weighted by molar-refractivity contribution is -0.137. The molecule has 0 amide bonds. The van der Waals surface area contributed by atoms with E-state index in [0.717, 1.165) is 50.5 Å². The summed E-state index contributed by atoms with van der Waals surface area (Å²) in [5.41, 5.74) is 0.306. The molecule has 0 aliphatic carbocycles. The van der Waals surface area contributed by atoms with E-state index in [1.807, 2.05) is 0 Å². The highest BCUT2D eigenvalue weighted by Crippen LogP contribution is 2.36. The average molecular weight is 386 g/mol. The van der Waals surface area contributed by atoms with Crippen LogP contribution in [0.25, 0.3) is 0 Å². The number of halogens is 3. The topological polar surface area (TPSA) is 42.4 Å². The van der Waals surface area contributed by atoms with Gasteiger partial charge in [0.05, 0.1) is 5.56 Å². The minimum Gasteiger partial charge on any atom is -0.368 e. The maximum atomic E-state index is 12.7. The normalized spacial score (nSPS) is 23.3. The predicted molar refractivity (Wildman–Crippen MR) is 101 cm³/mol. The number of alkyl halides is 3. The van der Waals surface area contributed by atoms with Crippen molar-refractivity contribution in [2.45, 2.75) is 25.1 Å². The number of thioether (sulfide) groups is 1. The summed E-state index contributed by atoms with van der Waals surface area (Å²) in [5, 5.41) is 10.9. The molecule has 2 aliphatic rings. The Morgan fingerprint density at radius 2 is 2.00 bits per heavy atom. The van der Waals surface area contributed by atoms with Gasteiger partial charge in [-0.05, 0) is 49.6 Å². The van der Waals surface area contributed by atoms with Gasteiger partial charge in [-0.25, -0.2) is 0 Å². The monoisotopic (exact) mass is 386 g/mol. The summed E-state index contributed by atoms with van der Waals surface area (Å²) >= 11 is 1.53. The third kappa shape index (κ3) is 4.46. The van der Waals surface area contributed by atoms with Crippen LogP contribution in [0.5, 0.6) is 0 Å². The highest BCUT2D eigenvalue weighted by molar-refractivity contribution is 8.13.